The van der Waals surface area contributed by atoms with Crippen molar-refractivity contribution in [3.8, 4) is 0 Å². The number of aromatic carboxylic acids is 1. The minimum absolute atomic E-state index is 0.130. The molecule has 17 heavy (non-hydrogen) atoms. The lowest BCUT2D eigenvalue weighted by molar-refractivity contribution is -0.137. The minimum Gasteiger partial charge on any atom is -0.476 e. The molecule has 0 aliphatic carbocycles. The highest BCUT2D eigenvalue weighted by Crippen LogP contribution is 2.31. The second-order valence-electron chi connectivity index (χ2n) is 3.26. The lowest BCUT2D eigenvalue weighted by Gasteiger charge is -2.08. The molecule has 0 atom stereocenters. The summed E-state index contributed by atoms with van der Waals surface area (Å²) in [6.07, 6.45) is -3.53. The molecule has 7 heteroatoms. The predicted octanol–water partition coefficient (Wildman–Crippen LogP) is 2.35. The third kappa shape index (κ3) is 2.03. The number of rotatable bonds is 1. The molecule has 0 saturated heterocycles. The quantitative estimate of drug-likeness (QED) is 0.833. The van der Waals surface area contributed by atoms with Crippen molar-refractivity contribution in [1.82, 2.24) is 9.97 Å². The third-order valence-corrected chi connectivity index (χ3v) is 2.17. The van der Waals surface area contributed by atoms with Crippen molar-refractivity contribution >= 4 is 16.9 Å². The number of carboxylic acids is 1. The van der Waals surface area contributed by atoms with E-state index in [-0.39, 0.29) is 10.9 Å². The van der Waals surface area contributed by atoms with Gasteiger partial charge >= 0.3 is 12.1 Å². The number of hydrogen-bond acceptors (Lipinski definition) is 3. The van der Waals surface area contributed by atoms with Crippen LogP contribution in [0.3, 0.4) is 0 Å². The number of carbonyl (C=O) groups is 1. The Morgan fingerprint density at radius 1 is 1.24 bits per heavy atom. The Morgan fingerprint density at radius 3 is 2.53 bits per heavy atom. The third-order valence-electron chi connectivity index (χ3n) is 2.17. The van der Waals surface area contributed by atoms with Crippen LogP contribution in [0, 0.1) is 0 Å². The molecule has 0 spiro atoms. The van der Waals surface area contributed by atoms with Gasteiger partial charge in [0.05, 0.1) is 11.1 Å². The second-order valence-corrected chi connectivity index (χ2v) is 3.26. The summed E-state index contributed by atoms with van der Waals surface area (Å²) in [5.74, 6) is -1.39. The van der Waals surface area contributed by atoms with E-state index in [0.29, 0.717) is 0 Å². The number of halogens is 3. The van der Waals surface area contributed by atoms with E-state index in [1.807, 2.05) is 0 Å². The van der Waals surface area contributed by atoms with E-state index in [0.717, 1.165) is 24.5 Å². The Hall–Kier alpha value is -2.18. The molecular weight excluding hydrogens is 237 g/mol. The van der Waals surface area contributed by atoms with Crippen LogP contribution in [0.5, 0.6) is 0 Å². The van der Waals surface area contributed by atoms with Gasteiger partial charge in [-0.3, -0.25) is 0 Å². The van der Waals surface area contributed by atoms with Crippen LogP contribution in [0.15, 0.2) is 24.5 Å². The molecule has 4 nitrogen and oxygen atoms in total. The molecule has 88 valence electrons. The van der Waals surface area contributed by atoms with Crippen LogP contribution in [-0.4, -0.2) is 21.0 Å². The monoisotopic (exact) mass is 242 g/mol. The van der Waals surface area contributed by atoms with E-state index in [1.165, 1.54) is 0 Å². The standard InChI is InChI=1S/C10H5F3N2O2/c11-10(12,13)5-1-2-7-6(3-5)8(9(16)17)15-4-14-7/h1-4H,(H,16,17). The number of benzene rings is 1. The molecule has 1 aromatic heterocycles. The Morgan fingerprint density at radius 2 is 1.94 bits per heavy atom. The number of fused-ring (bicyclic) bond motifs is 1. The molecule has 0 aliphatic rings. The van der Waals surface area contributed by atoms with Gasteiger partial charge in [-0.05, 0) is 18.2 Å². The normalized spacial score (nSPS) is 11.7. The minimum atomic E-state index is -4.53. The molecule has 0 unspecified atom stereocenters. The van der Waals surface area contributed by atoms with E-state index in [2.05, 4.69) is 9.97 Å². The molecule has 1 aromatic carbocycles. The first-order valence-electron chi connectivity index (χ1n) is 4.45. The van der Waals surface area contributed by atoms with Crippen LogP contribution in [0.4, 0.5) is 13.2 Å². The SMILES string of the molecule is O=C(O)c1ncnc2ccc(C(F)(F)F)cc12. The predicted molar refractivity (Wildman–Crippen MR) is 51.5 cm³/mol. The second kappa shape index (κ2) is 3.69. The van der Waals surface area contributed by atoms with Crippen LogP contribution in [-0.2, 0) is 6.18 Å². The zero-order valence-electron chi connectivity index (χ0n) is 8.19. The molecule has 0 bridgehead atoms. The average Bonchev–Trinajstić information content (AvgIpc) is 2.26. The maximum atomic E-state index is 12.5. The summed E-state index contributed by atoms with van der Waals surface area (Å²) in [6, 6.07) is 2.70. The van der Waals surface area contributed by atoms with Crippen molar-refractivity contribution in [3.05, 3.63) is 35.8 Å². The van der Waals surface area contributed by atoms with Gasteiger partial charge in [0, 0.05) is 5.39 Å². The molecule has 0 radical (unpaired) electrons. The first-order valence-corrected chi connectivity index (χ1v) is 4.45. The number of nitrogens with zero attached hydrogens (tertiary/aromatic N) is 2. The zero-order chi connectivity index (χ0) is 12.6. The van der Waals surface area contributed by atoms with E-state index in [1.54, 1.807) is 0 Å². The van der Waals surface area contributed by atoms with Gasteiger partial charge in [-0.25, -0.2) is 14.8 Å². The van der Waals surface area contributed by atoms with Gasteiger partial charge in [-0.1, -0.05) is 0 Å². The fraction of sp³-hybridized carbons (Fsp3) is 0.100. The summed E-state index contributed by atoms with van der Waals surface area (Å²) in [5.41, 5.74) is -1.21. The van der Waals surface area contributed by atoms with Gasteiger partial charge in [0.1, 0.15) is 6.33 Å². The summed E-state index contributed by atoms with van der Waals surface area (Å²) in [6.45, 7) is 0. The maximum absolute atomic E-state index is 12.5. The lowest BCUT2D eigenvalue weighted by atomic mass is 10.1. The van der Waals surface area contributed by atoms with Crippen LogP contribution >= 0.6 is 0 Å². The maximum Gasteiger partial charge on any atom is 0.416 e. The summed E-state index contributed by atoms with van der Waals surface area (Å²) >= 11 is 0. The smallest absolute Gasteiger partial charge is 0.416 e. The molecule has 0 fully saturated rings. The zero-order valence-corrected chi connectivity index (χ0v) is 8.19. The van der Waals surface area contributed by atoms with Gasteiger partial charge in [0.15, 0.2) is 5.69 Å². The average molecular weight is 242 g/mol. The Labute approximate surface area is 92.7 Å². The van der Waals surface area contributed by atoms with Gasteiger partial charge in [-0.15, -0.1) is 0 Å². The Kier molecular flexibility index (Phi) is 2.45. The summed E-state index contributed by atoms with van der Waals surface area (Å²) < 4.78 is 37.4. The van der Waals surface area contributed by atoms with Crippen LogP contribution < -0.4 is 0 Å². The molecule has 0 aliphatic heterocycles. The van der Waals surface area contributed by atoms with Crippen molar-refractivity contribution in [2.75, 3.05) is 0 Å². The van der Waals surface area contributed by atoms with Crippen LogP contribution in [0.2, 0.25) is 0 Å². The van der Waals surface area contributed by atoms with E-state index in [4.69, 9.17) is 5.11 Å². The molecular formula is C10H5F3N2O2. The largest absolute Gasteiger partial charge is 0.476 e. The highest BCUT2D eigenvalue weighted by molar-refractivity contribution is 6.00. The van der Waals surface area contributed by atoms with Crippen molar-refractivity contribution in [2.24, 2.45) is 0 Å². The lowest BCUT2D eigenvalue weighted by Crippen LogP contribution is -2.07. The number of aromatic nitrogens is 2. The van der Waals surface area contributed by atoms with Crippen LogP contribution in [0.1, 0.15) is 16.1 Å². The van der Waals surface area contributed by atoms with Gasteiger partial charge < -0.3 is 5.11 Å². The molecule has 1 heterocycles. The first kappa shape index (κ1) is 11.3. The number of carboxylic acid groups (broad SMARTS) is 1. The highest BCUT2D eigenvalue weighted by Gasteiger charge is 2.31. The van der Waals surface area contributed by atoms with Crippen molar-refractivity contribution in [1.29, 1.82) is 0 Å². The molecule has 2 rings (SSSR count). The summed E-state index contributed by atoms with van der Waals surface area (Å²) in [5, 5.41) is 8.68. The molecule has 0 amide bonds. The highest BCUT2D eigenvalue weighted by atomic mass is 19.4. The Bertz CT molecular complexity index is 596. The topological polar surface area (TPSA) is 63.1 Å². The number of hydrogen-bond donors (Lipinski definition) is 1. The molecule has 0 saturated carbocycles. The molecule has 2 aromatic rings. The van der Waals surface area contributed by atoms with E-state index < -0.39 is 23.4 Å². The summed E-state index contributed by atoms with van der Waals surface area (Å²) in [7, 11) is 0. The van der Waals surface area contributed by atoms with E-state index >= 15 is 0 Å². The van der Waals surface area contributed by atoms with Crippen molar-refractivity contribution in [2.45, 2.75) is 6.18 Å². The fourth-order valence-electron chi connectivity index (χ4n) is 1.40. The first-order chi connectivity index (χ1) is 7.89. The van der Waals surface area contributed by atoms with Gasteiger partial charge in [-0.2, -0.15) is 13.2 Å². The van der Waals surface area contributed by atoms with Gasteiger partial charge in [0.25, 0.3) is 0 Å². The van der Waals surface area contributed by atoms with Gasteiger partial charge in [0.2, 0.25) is 0 Å². The number of alkyl halides is 3. The van der Waals surface area contributed by atoms with Crippen molar-refractivity contribution < 1.29 is 23.1 Å². The van der Waals surface area contributed by atoms with E-state index in [9.17, 15) is 18.0 Å². The molecule has 1 N–H and O–H groups in total. The fourth-order valence-corrected chi connectivity index (χ4v) is 1.40. The van der Waals surface area contributed by atoms with Crippen molar-refractivity contribution in [3.63, 3.8) is 0 Å². The van der Waals surface area contributed by atoms with Crippen LogP contribution in [0.25, 0.3) is 10.9 Å². The Balaban J connectivity index is 2.75. The summed E-state index contributed by atoms with van der Waals surface area (Å²) in [4.78, 5) is 18.0.